The Hall–Kier alpha value is -0.660. The maximum Gasteiger partial charge on any atom is 0.405 e. The lowest BCUT2D eigenvalue weighted by atomic mass is 9.99. The average molecular weight is 571 g/mol. The van der Waals surface area contributed by atoms with Crippen LogP contribution < -0.4 is 10.4 Å². The number of aliphatic hydroxyl groups excluding tert-OH is 4. The first-order chi connectivity index (χ1) is 18.2. The van der Waals surface area contributed by atoms with Gasteiger partial charge in [0, 0.05) is 20.8 Å². The first kappa shape index (κ1) is 35.4. The molecule has 0 aromatic carbocycles. The summed E-state index contributed by atoms with van der Waals surface area (Å²) in [7, 11) is -1.48. The monoisotopic (exact) mass is 570 g/mol. The molecule has 0 aromatic rings. The average Bonchev–Trinajstić information content (AvgIpc) is 2.92. The van der Waals surface area contributed by atoms with Crippen molar-refractivity contribution in [3.8, 4) is 0 Å². The molecular weight excluding hydrogens is 519 g/mol. The molecular formula is C25H51N2O10P. The second-order valence-electron chi connectivity index (χ2n) is 9.76. The van der Waals surface area contributed by atoms with E-state index in [1.807, 2.05) is 0 Å². The lowest BCUT2D eigenvalue weighted by Gasteiger charge is -2.40. The van der Waals surface area contributed by atoms with Crippen molar-refractivity contribution < 1.29 is 48.3 Å². The van der Waals surface area contributed by atoms with Crippen molar-refractivity contribution in [2.75, 3.05) is 34.0 Å². The summed E-state index contributed by atoms with van der Waals surface area (Å²) in [5.74, 6) is -0.521. The summed E-state index contributed by atoms with van der Waals surface area (Å²) in [4.78, 5) is 12.8. The van der Waals surface area contributed by atoms with Gasteiger partial charge in [-0.3, -0.25) is 4.79 Å². The van der Waals surface area contributed by atoms with Crippen LogP contribution in [0.4, 0.5) is 0 Å². The van der Waals surface area contributed by atoms with Crippen molar-refractivity contribution in [3.05, 3.63) is 0 Å². The highest BCUT2D eigenvalue weighted by Gasteiger charge is 2.44. The predicted octanol–water partition coefficient (Wildman–Crippen LogP) is 1.98. The highest BCUT2D eigenvalue weighted by molar-refractivity contribution is 7.51. The second-order valence-corrected chi connectivity index (χ2v) is 11.7. The van der Waals surface area contributed by atoms with Gasteiger partial charge in [0.25, 0.3) is 0 Å². The maximum atomic E-state index is 12.8. The number of carbonyl (C=O) groups excluding carboxylic acids is 1. The van der Waals surface area contributed by atoms with Gasteiger partial charge in [-0.1, -0.05) is 77.6 Å². The zero-order valence-electron chi connectivity index (χ0n) is 23.3. The zero-order valence-corrected chi connectivity index (χ0v) is 24.2. The summed E-state index contributed by atoms with van der Waals surface area (Å²) in [6.45, 7) is 1.60. The lowest BCUT2D eigenvalue weighted by Crippen LogP contribution is -2.60. The molecule has 1 unspecified atom stereocenters. The Kier molecular flexibility index (Phi) is 18.8. The maximum absolute atomic E-state index is 12.8. The van der Waals surface area contributed by atoms with Crippen LogP contribution in [0.3, 0.4) is 0 Å². The largest absolute Gasteiger partial charge is 0.405 e. The SMILES string of the molecule is CCCCCCCCCCCCCCNC(=O)C(CO[C@@H]1O[C@H](CO)[C@H](O)[C@H](O)[C@H]1O)NP(=O)(OC)OC. The van der Waals surface area contributed by atoms with Crippen molar-refractivity contribution in [3.63, 3.8) is 0 Å². The number of rotatable bonds is 22. The van der Waals surface area contributed by atoms with Crippen molar-refractivity contribution in [2.45, 2.75) is 121 Å². The number of carbonyl (C=O) groups is 1. The smallest absolute Gasteiger partial charge is 0.394 e. The van der Waals surface area contributed by atoms with Crippen LogP contribution in [-0.2, 0) is 27.9 Å². The van der Waals surface area contributed by atoms with Crippen molar-refractivity contribution in [1.82, 2.24) is 10.4 Å². The normalized spacial score (nSPS) is 24.9. The Morgan fingerprint density at radius 1 is 0.868 bits per heavy atom. The minimum absolute atomic E-state index is 0.415. The molecule has 0 bridgehead atoms. The molecule has 0 aliphatic carbocycles. The molecule has 0 spiro atoms. The third-order valence-corrected chi connectivity index (χ3v) is 8.31. The molecule has 1 aliphatic rings. The van der Waals surface area contributed by atoms with E-state index in [4.69, 9.17) is 18.5 Å². The molecule has 6 N–H and O–H groups in total. The lowest BCUT2D eigenvalue weighted by molar-refractivity contribution is -0.301. The topological polar surface area (TPSA) is 176 Å². The fourth-order valence-electron chi connectivity index (χ4n) is 4.24. The van der Waals surface area contributed by atoms with E-state index in [0.29, 0.717) is 6.54 Å². The molecule has 226 valence electrons. The Labute approximate surface area is 227 Å². The van der Waals surface area contributed by atoms with Crippen LogP contribution in [-0.4, -0.2) is 97.1 Å². The number of amides is 1. The molecule has 1 heterocycles. The quantitative estimate of drug-likeness (QED) is 0.0829. The summed E-state index contributed by atoms with van der Waals surface area (Å²) in [5, 5.41) is 44.6. The van der Waals surface area contributed by atoms with E-state index in [9.17, 15) is 29.8 Å². The van der Waals surface area contributed by atoms with Gasteiger partial charge in [0.1, 0.15) is 30.5 Å². The zero-order chi connectivity index (χ0) is 28.4. The standard InChI is InChI=1S/C25H51N2O10P/c1-4-5-6-7-8-9-10-11-12-13-14-15-16-26-24(32)19(27-38(33,34-2)35-3)18-36-25-23(31)22(30)21(29)20(17-28)37-25/h19-23,25,28-31H,4-18H2,1-3H3,(H,26,32)(H,27,33)/t19?,20-,21+,22+,23-,25-/m1/s1. The van der Waals surface area contributed by atoms with Crippen LogP contribution in [0, 0.1) is 0 Å². The number of hydrogen-bond donors (Lipinski definition) is 6. The van der Waals surface area contributed by atoms with Crippen molar-refractivity contribution in [2.24, 2.45) is 0 Å². The molecule has 1 amide bonds. The number of ether oxygens (including phenoxy) is 2. The van der Waals surface area contributed by atoms with E-state index < -0.39 is 63.6 Å². The minimum atomic E-state index is -3.81. The van der Waals surface area contributed by atoms with Crippen LogP contribution in [0.5, 0.6) is 0 Å². The third kappa shape index (κ3) is 13.1. The molecule has 12 nitrogen and oxygen atoms in total. The summed E-state index contributed by atoms with van der Waals surface area (Å²) in [6, 6.07) is -1.20. The first-order valence-corrected chi connectivity index (χ1v) is 15.5. The fraction of sp³-hybridized carbons (Fsp3) is 0.960. The van der Waals surface area contributed by atoms with Crippen LogP contribution in [0.15, 0.2) is 0 Å². The molecule has 1 saturated heterocycles. The van der Waals surface area contributed by atoms with E-state index in [2.05, 4.69) is 17.3 Å². The van der Waals surface area contributed by atoms with Crippen LogP contribution in [0.25, 0.3) is 0 Å². The van der Waals surface area contributed by atoms with Gasteiger partial charge in [0.05, 0.1) is 13.2 Å². The summed E-state index contributed by atoms with van der Waals surface area (Å²) < 4.78 is 33.1. The van der Waals surface area contributed by atoms with Gasteiger partial charge in [0.15, 0.2) is 6.29 Å². The Morgan fingerprint density at radius 3 is 1.89 bits per heavy atom. The second kappa shape index (κ2) is 20.3. The summed E-state index contributed by atoms with van der Waals surface area (Å²) in [6.07, 6.45) is 7.03. The molecule has 13 heteroatoms. The number of unbranched alkanes of at least 4 members (excludes halogenated alkanes) is 11. The van der Waals surface area contributed by atoms with Crippen LogP contribution >= 0.6 is 7.75 Å². The molecule has 1 rings (SSSR count). The molecule has 1 aliphatic heterocycles. The first-order valence-electron chi connectivity index (χ1n) is 13.9. The van der Waals surface area contributed by atoms with Gasteiger partial charge in [-0.2, -0.15) is 0 Å². The van der Waals surface area contributed by atoms with Gasteiger partial charge in [-0.15, -0.1) is 0 Å². The number of aliphatic hydroxyl groups is 4. The van der Waals surface area contributed by atoms with E-state index in [0.717, 1.165) is 33.5 Å². The highest BCUT2D eigenvalue weighted by Crippen LogP contribution is 2.42. The van der Waals surface area contributed by atoms with E-state index in [-0.39, 0.29) is 0 Å². The van der Waals surface area contributed by atoms with E-state index >= 15 is 0 Å². The minimum Gasteiger partial charge on any atom is -0.394 e. The molecule has 0 radical (unpaired) electrons. The Bertz CT molecular complexity index is 664. The molecule has 0 saturated carbocycles. The van der Waals surface area contributed by atoms with Gasteiger partial charge < -0.3 is 44.3 Å². The number of hydrogen-bond acceptors (Lipinski definition) is 10. The fourth-order valence-corrected chi connectivity index (χ4v) is 5.17. The Morgan fingerprint density at radius 2 is 1.39 bits per heavy atom. The van der Waals surface area contributed by atoms with E-state index in [1.54, 1.807) is 0 Å². The van der Waals surface area contributed by atoms with Gasteiger partial charge >= 0.3 is 7.75 Å². The van der Waals surface area contributed by atoms with Crippen molar-refractivity contribution >= 4 is 13.7 Å². The summed E-state index contributed by atoms with van der Waals surface area (Å²) >= 11 is 0. The van der Waals surface area contributed by atoms with Gasteiger partial charge in [0.2, 0.25) is 5.91 Å². The molecule has 38 heavy (non-hydrogen) atoms. The molecule has 1 fully saturated rings. The Balaban J connectivity index is 2.44. The van der Waals surface area contributed by atoms with Gasteiger partial charge in [-0.25, -0.2) is 9.65 Å². The predicted molar refractivity (Wildman–Crippen MR) is 142 cm³/mol. The van der Waals surface area contributed by atoms with Crippen LogP contribution in [0.1, 0.15) is 84.0 Å². The highest BCUT2D eigenvalue weighted by atomic mass is 31.2. The van der Waals surface area contributed by atoms with Gasteiger partial charge in [-0.05, 0) is 6.42 Å². The van der Waals surface area contributed by atoms with E-state index in [1.165, 1.54) is 57.8 Å². The molecule has 6 atom stereocenters. The van der Waals surface area contributed by atoms with Crippen molar-refractivity contribution in [1.29, 1.82) is 0 Å². The molecule has 0 aromatic heterocycles. The third-order valence-electron chi connectivity index (χ3n) is 6.72. The van der Waals surface area contributed by atoms with Crippen LogP contribution in [0.2, 0.25) is 0 Å². The summed E-state index contributed by atoms with van der Waals surface area (Å²) in [5.41, 5.74) is 0. The number of nitrogens with one attached hydrogen (secondary N) is 2.